The standard InChI is InChI=1S/C22H23N3O3/c26-21(24-14-17-4-3-13-28-17)7-8-22(27)25-11-9-16(10-12-25)19-15-23-20-6-2-1-5-18(19)20/h1-6,9,13,15,23H,7-8,10-12,14H2,(H,24,26). The molecule has 2 N–H and O–H groups in total. The predicted molar refractivity (Wildman–Crippen MR) is 107 cm³/mol. The van der Waals surface area contributed by atoms with Crippen molar-refractivity contribution in [2.45, 2.75) is 25.8 Å². The number of rotatable bonds is 6. The second kappa shape index (κ2) is 8.17. The Balaban J connectivity index is 1.28. The molecule has 0 unspecified atom stereocenters. The van der Waals surface area contributed by atoms with Gasteiger partial charge in [0, 0.05) is 48.6 Å². The number of carbonyl (C=O) groups is 2. The number of aromatic nitrogens is 1. The van der Waals surface area contributed by atoms with Gasteiger partial charge >= 0.3 is 0 Å². The van der Waals surface area contributed by atoms with E-state index in [1.165, 1.54) is 16.5 Å². The Kier molecular flexibility index (Phi) is 5.28. The molecule has 2 amide bonds. The number of nitrogens with one attached hydrogen (secondary N) is 2. The van der Waals surface area contributed by atoms with Gasteiger partial charge in [0.15, 0.2) is 0 Å². The van der Waals surface area contributed by atoms with E-state index in [0.29, 0.717) is 25.4 Å². The van der Waals surface area contributed by atoms with Crippen molar-refractivity contribution in [1.82, 2.24) is 15.2 Å². The number of H-pyrrole nitrogens is 1. The first-order chi connectivity index (χ1) is 13.7. The summed E-state index contributed by atoms with van der Waals surface area (Å²) in [7, 11) is 0. The van der Waals surface area contributed by atoms with Crippen LogP contribution in [0.5, 0.6) is 0 Å². The highest BCUT2D eigenvalue weighted by Gasteiger charge is 2.20. The molecular weight excluding hydrogens is 354 g/mol. The van der Waals surface area contributed by atoms with Gasteiger partial charge in [0.05, 0.1) is 12.8 Å². The molecule has 6 nitrogen and oxygen atoms in total. The number of nitrogens with zero attached hydrogens (tertiary/aromatic N) is 1. The highest BCUT2D eigenvalue weighted by atomic mass is 16.3. The lowest BCUT2D eigenvalue weighted by molar-refractivity contribution is -0.133. The number of hydrogen-bond donors (Lipinski definition) is 2. The van der Waals surface area contributed by atoms with Crippen molar-refractivity contribution in [3.63, 3.8) is 0 Å². The van der Waals surface area contributed by atoms with Gasteiger partial charge in [-0.05, 0) is 30.2 Å². The zero-order valence-electron chi connectivity index (χ0n) is 15.6. The molecule has 1 aliphatic heterocycles. The van der Waals surface area contributed by atoms with Crippen LogP contribution >= 0.6 is 0 Å². The Morgan fingerprint density at radius 3 is 2.82 bits per heavy atom. The molecule has 6 heteroatoms. The van der Waals surface area contributed by atoms with Crippen LogP contribution in [0.4, 0.5) is 0 Å². The highest BCUT2D eigenvalue weighted by molar-refractivity contribution is 5.93. The molecular formula is C22H23N3O3. The third-order valence-electron chi connectivity index (χ3n) is 5.10. The van der Waals surface area contributed by atoms with Gasteiger partial charge in [-0.15, -0.1) is 0 Å². The lowest BCUT2D eigenvalue weighted by Gasteiger charge is -2.26. The quantitative estimate of drug-likeness (QED) is 0.690. The Bertz CT molecular complexity index is 1000. The van der Waals surface area contributed by atoms with Crippen LogP contribution in [0.2, 0.25) is 0 Å². The van der Waals surface area contributed by atoms with Crippen molar-refractivity contribution < 1.29 is 14.0 Å². The summed E-state index contributed by atoms with van der Waals surface area (Å²) < 4.78 is 5.17. The minimum Gasteiger partial charge on any atom is -0.467 e. The molecule has 3 aromatic rings. The molecule has 1 aliphatic rings. The SMILES string of the molecule is O=C(CCC(=O)N1CC=C(c2c[nH]c3ccccc23)CC1)NCc1ccco1. The maximum absolute atomic E-state index is 12.4. The van der Waals surface area contributed by atoms with Crippen molar-refractivity contribution in [3.8, 4) is 0 Å². The summed E-state index contributed by atoms with van der Waals surface area (Å²) in [6.45, 7) is 1.61. The number of aromatic amines is 1. The van der Waals surface area contributed by atoms with Crippen LogP contribution < -0.4 is 5.32 Å². The van der Waals surface area contributed by atoms with Gasteiger partial charge in [0.25, 0.3) is 0 Å². The molecule has 144 valence electrons. The lowest BCUT2D eigenvalue weighted by atomic mass is 9.98. The minimum absolute atomic E-state index is 0.0161. The molecule has 0 radical (unpaired) electrons. The van der Waals surface area contributed by atoms with E-state index in [2.05, 4.69) is 28.5 Å². The summed E-state index contributed by atoms with van der Waals surface area (Å²) in [6, 6.07) is 11.8. The zero-order chi connectivity index (χ0) is 19.3. The molecule has 1 aromatic carbocycles. The highest BCUT2D eigenvalue weighted by Crippen LogP contribution is 2.29. The summed E-state index contributed by atoms with van der Waals surface area (Å²) in [5.41, 5.74) is 3.59. The Labute approximate surface area is 163 Å². The second-order valence-corrected chi connectivity index (χ2v) is 6.92. The Morgan fingerprint density at radius 1 is 1.14 bits per heavy atom. The molecule has 0 bridgehead atoms. The van der Waals surface area contributed by atoms with Gasteiger partial charge < -0.3 is 19.6 Å². The predicted octanol–water partition coefficient (Wildman–Crippen LogP) is 3.47. The summed E-state index contributed by atoms with van der Waals surface area (Å²) in [4.78, 5) is 29.5. The molecule has 0 atom stereocenters. The fraction of sp³-hybridized carbons (Fsp3) is 0.273. The van der Waals surface area contributed by atoms with E-state index in [1.807, 2.05) is 23.2 Å². The fourth-order valence-corrected chi connectivity index (χ4v) is 3.54. The maximum Gasteiger partial charge on any atom is 0.223 e. The van der Waals surface area contributed by atoms with Crippen LogP contribution in [0.25, 0.3) is 16.5 Å². The summed E-state index contributed by atoms with van der Waals surface area (Å²) in [5, 5.41) is 3.98. The van der Waals surface area contributed by atoms with E-state index in [1.54, 1.807) is 18.4 Å². The van der Waals surface area contributed by atoms with Crippen molar-refractivity contribution >= 4 is 28.3 Å². The monoisotopic (exact) mass is 377 g/mol. The number of furan rings is 1. The number of carbonyl (C=O) groups excluding carboxylic acids is 2. The molecule has 2 aromatic heterocycles. The van der Waals surface area contributed by atoms with Crippen molar-refractivity contribution in [3.05, 3.63) is 66.3 Å². The van der Waals surface area contributed by atoms with Crippen LogP contribution in [0.3, 0.4) is 0 Å². The first-order valence-electron chi connectivity index (χ1n) is 9.53. The number of para-hydroxylation sites is 1. The summed E-state index contributed by atoms with van der Waals surface area (Å²) in [5.74, 6) is 0.574. The number of hydrogen-bond acceptors (Lipinski definition) is 3. The largest absolute Gasteiger partial charge is 0.467 e. The van der Waals surface area contributed by atoms with Crippen LogP contribution in [-0.4, -0.2) is 34.8 Å². The van der Waals surface area contributed by atoms with Gasteiger partial charge in [0.2, 0.25) is 11.8 Å². The van der Waals surface area contributed by atoms with Crippen LogP contribution in [-0.2, 0) is 16.1 Å². The number of fused-ring (bicyclic) bond motifs is 1. The molecule has 0 saturated carbocycles. The first-order valence-corrected chi connectivity index (χ1v) is 9.53. The first kappa shape index (κ1) is 18.1. The second-order valence-electron chi connectivity index (χ2n) is 6.92. The van der Waals surface area contributed by atoms with Gasteiger partial charge in [-0.2, -0.15) is 0 Å². The van der Waals surface area contributed by atoms with Crippen LogP contribution in [0, 0.1) is 0 Å². The van der Waals surface area contributed by atoms with E-state index < -0.39 is 0 Å². The molecule has 4 rings (SSSR count). The molecule has 0 saturated heterocycles. The summed E-state index contributed by atoms with van der Waals surface area (Å²) >= 11 is 0. The molecule has 28 heavy (non-hydrogen) atoms. The minimum atomic E-state index is -0.142. The van der Waals surface area contributed by atoms with Gasteiger partial charge in [-0.25, -0.2) is 0 Å². The van der Waals surface area contributed by atoms with E-state index in [-0.39, 0.29) is 24.7 Å². The average Bonchev–Trinajstić information content (AvgIpc) is 3.40. The number of amides is 2. The van der Waals surface area contributed by atoms with E-state index in [0.717, 1.165) is 11.9 Å². The Hall–Kier alpha value is -3.28. The number of benzene rings is 1. The van der Waals surface area contributed by atoms with Gasteiger partial charge in [-0.3, -0.25) is 9.59 Å². The van der Waals surface area contributed by atoms with Crippen molar-refractivity contribution in [1.29, 1.82) is 0 Å². The molecule has 3 heterocycles. The molecule has 0 spiro atoms. The lowest BCUT2D eigenvalue weighted by Crippen LogP contribution is -2.35. The third-order valence-corrected chi connectivity index (χ3v) is 5.10. The van der Waals surface area contributed by atoms with Gasteiger partial charge in [0.1, 0.15) is 5.76 Å². The van der Waals surface area contributed by atoms with E-state index in [4.69, 9.17) is 4.42 Å². The van der Waals surface area contributed by atoms with Crippen molar-refractivity contribution in [2.75, 3.05) is 13.1 Å². The normalized spacial score (nSPS) is 14.1. The van der Waals surface area contributed by atoms with Crippen LogP contribution in [0.1, 0.15) is 30.6 Å². The third kappa shape index (κ3) is 4.01. The average molecular weight is 377 g/mol. The zero-order valence-corrected chi connectivity index (χ0v) is 15.6. The fourth-order valence-electron chi connectivity index (χ4n) is 3.54. The summed E-state index contributed by atoms with van der Waals surface area (Å²) in [6.07, 6.45) is 6.96. The van der Waals surface area contributed by atoms with E-state index >= 15 is 0 Å². The Morgan fingerprint density at radius 2 is 2.04 bits per heavy atom. The van der Waals surface area contributed by atoms with Gasteiger partial charge in [-0.1, -0.05) is 24.3 Å². The maximum atomic E-state index is 12.4. The van der Waals surface area contributed by atoms with Crippen molar-refractivity contribution in [2.24, 2.45) is 0 Å². The molecule has 0 aliphatic carbocycles. The topological polar surface area (TPSA) is 78.3 Å². The molecule has 0 fully saturated rings. The van der Waals surface area contributed by atoms with Crippen LogP contribution in [0.15, 0.2) is 59.4 Å². The smallest absolute Gasteiger partial charge is 0.223 e. The van der Waals surface area contributed by atoms with E-state index in [9.17, 15) is 9.59 Å².